The first-order valence-electron chi connectivity index (χ1n) is 2.93. The van der Waals surface area contributed by atoms with Crippen LogP contribution < -0.4 is 0 Å². The highest BCUT2D eigenvalue weighted by Crippen LogP contribution is 2.16. The Hall–Kier alpha value is -0.310. The molecule has 0 aromatic carbocycles. The van der Waals surface area contributed by atoms with Crippen LogP contribution in [0.1, 0.15) is 19.1 Å². The van der Waals surface area contributed by atoms with Crippen LogP contribution in [0.5, 0.6) is 0 Å². The van der Waals surface area contributed by atoms with Gasteiger partial charge in [-0.1, -0.05) is 12.1 Å². The summed E-state index contributed by atoms with van der Waals surface area (Å²) >= 11 is 3.31. The molecule has 1 aromatic rings. The van der Waals surface area contributed by atoms with Crippen molar-refractivity contribution in [2.24, 2.45) is 0 Å². The number of hydrogen-bond acceptors (Lipinski definition) is 2. The predicted molar refractivity (Wildman–Crippen MR) is 38.2 cm³/mol. The Bertz CT molecular complexity index is 185. The van der Waals surface area contributed by atoms with Gasteiger partial charge in [0, 0.05) is 6.42 Å². The first-order valence-corrected chi connectivity index (χ1v) is 3.73. The summed E-state index contributed by atoms with van der Waals surface area (Å²) in [5, 5.41) is 3.62. The fourth-order valence-corrected chi connectivity index (χ4v) is 0.998. The smallest absolute Gasteiger partial charge is 0.150 e. The average Bonchev–Trinajstić information content (AvgIpc) is 2.18. The van der Waals surface area contributed by atoms with E-state index < -0.39 is 0 Å². The zero-order valence-corrected chi connectivity index (χ0v) is 6.81. The van der Waals surface area contributed by atoms with Crippen LogP contribution in [-0.4, -0.2) is 5.16 Å². The zero-order valence-electron chi connectivity index (χ0n) is 5.22. The lowest BCUT2D eigenvalue weighted by molar-refractivity contribution is 0.381. The Morgan fingerprint density at radius 2 is 2.56 bits per heavy atom. The molecular formula is C6H8BrNO. The van der Waals surface area contributed by atoms with Crippen LogP contribution in [0.15, 0.2) is 15.2 Å². The summed E-state index contributed by atoms with van der Waals surface area (Å²) < 4.78 is 5.88. The Balaban J connectivity index is 2.69. The third kappa shape index (κ3) is 1.55. The fraction of sp³-hybridized carbons (Fsp3) is 0.500. The van der Waals surface area contributed by atoms with Crippen LogP contribution in [0.2, 0.25) is 0 Å². The van der Waals surface area contributed by atoms with E-state index in [1.165, 1.54) is 0 Å². The number of hydrogen-bond donors (Lipinski definition) is 0. The second-order valence-corrected chi connectivity index (χ2v) is 2.70. The summed E-state index contributed by atoms with van der Waals surface area (Å²) in [5.41, 5.74) is 0. The maximum Gasteiger partial charge on any atom is 0.150 e. The molecule has 2 nitrogen and oxygen atoms in total. The van der Waals surface area contributed by atoms with E-state index in [1.54, 1.807) is 6.20 Å². The maximum atomic E-state index is 4.91. The van der Waals surface area contributed by atoms with Gasteiger partial charge < -0.3 is 4.52 Å². The van der Waals surface area contributed by atoms with Crippen molar-refractivity contribution in [3.05, 3.63) is 16.4 Å². The molecule has 1 rings (SSSR count). The molecule has 9 heavy (non-hydrogen) atoms. The monoisotopic (exact) mass is 189 g/mol. The quantitative estimate of drug-likeness (QED) is 0.715. The van der Waals surface area contributed by atoms with E-state index in [1.807, 2.05) is 0 Å². The van der Waals surface area contributed by atoms with Crippen molar-refractivity contribution in [3.8, 4) is 0 Å². The van der Waals surface area contributed by atoms with E-state index in [2.05, 4.69) is 28.0 Å². The Morgan fingerprint density at radius 1 is 1.78 bits per heavy atom. The van der Waals surface area contributed by atoms with Crippen LogP contribution >= 0.6 is 15.9 Å². The first kappa shape index (κ1) is 6.81. The third-order valence-electron chi connectivity index (χ3n) is 1.07. The molecule has 0 unspecified atom stereocenters. The molecule has 0 bridgehead atoms. The minimum atomic E-state index is 0.942. The van der Waals surface area contributed by atoms with Gasteiger partial charge in [-0.2, -0.15) is 0 Å². The standard InChI is InChI=1S/C6H8BrNO/c1-2-3-6-5(7)4-8-9-6/h4H,2-3H2,1H3. The molecule has 0 aliphatic heterocycles. The van der Waals surface area contributed by atoms with E-state index in [9.17, 15) is 0 Å². The van der Waals surface area contributed by atoms with E-state index in [4.69, 9.17) is 4.52 Å². The van der Waals surface area contributed by atoms with Gasteiger partial charge >= 0.3 is 0 Å². The van der Waals surface area contributed by atoms with Gasteiger partial charge in [0.15, 0.2) is 5.76 Å². The lowest BCUT2D eigenvalue weighted by Crippen LogP contribution is -1.77. The van der Waals surface area contributed by atoms with Gasteiger partial charge in [-0.15, -0.1) is 0 Å². The molecule has 50 valence electrons. The number of aromatic nitrogens is 1. The third-order valence-corrected chi connectivity index (χ3v) is 1.72. The van der Waals surface area contributed by atoms with Gasteiger partial charge in [-0.3, -0.25) is 0 Å². The van der Waals surface area contributed by atoms with Crippen LogP contribution in [0, 0.1) is 0 Å². The van der Waals surface area contributed by atoms with Crippen LogP contribution in [0.4, 0.5) is 0 Å². The Kier molecular flexibility index (Phi) is 2.28. The van der Waals surface area contributed by atoms with E-state index in [0.29, 0.717) is 0 Å². The van der Waals surface area contributed by atoms with Crippen LogP contribution in [0.3, 0.4) is 0 Å². The van der Waals surface area contributed by atoms with Gasteiger partial charge in [0.2, 0.25) is 0 Å². The number of halogens is 1. The van der Waals surface area contributed by atoms with Gasteiger partial charge in [0.25, 0.3) is 0 Å². The van der Waals surface area contributed by atoms with Crippen molar-refractivity contribution < 1.29 is 4.52 Å². The molecule has 1 heterocycles. The van der Waals surface area contributed by atoms with Gasteiger partial charge in [0.1, 0.15) is 0 Å². The number of rotatable bonds is 2. The molecule has 0 saturated heterocycles. The largest absolute Gasteiger partial charge is 0.360 e. The Morgan fingerprint density at radius 3 is 3.00 bits per heavy atom. The van der Waals surface area contributed by atoms with Crippen molar-refractivity contribution in [2.75, 3.05) is 0 Å². The summed E-state index contributed by atoms with van der Waals surface area (Å²) in [6.45, 7) is 2.11. The Labute approximate surface area is 62.4 Å². The van der Waals surface area contributed by atoms with Gasteiger partial charge in [-0.05, 0) is 22.4 Å². The fourth-order valence-electron chi connectivity index (χ4n) is 0.644. The molecule has 0 aliphatic carbocycles. The second-order valence-electron chi connectivity index (χ2n) is 1.85. The lowest BCUT2D eigenvalue weighted by atomic mass is 10.3. The molecule has 1 aromatic heterocycles. The topological polar surface area (TPSA) is 26.0 Å². The maximum absolute atomic E-state index is 4.91. The normalized spacial score (nSPS) is 10.0. The highest BCUT2D eigenvalue weighted by Gasteiger charge is 2.01. The second kappa shape index (κ2) is 3.01. The summed E-state index contributed by atoms with van der Waals surface area (Å²) in [5.74, 6) is 0.942. The highest BCUT2D eigenvalue weighted by molar-refractivity contribution is 9.10. The van der Waals surface area contributed by atoms with Crippen LogP contribution in [0.25, 0.3) is 0 Å². The minimum Gasteiger partial charge on any atom is -0.360 e. The minimum absolute atomic E-state index is 0.942. The summed E-state index contributed by atoms with van der Waals surface area (Å²) in [6.07, 6.45) is 3.72. The molecule has 0 spiro atoms. The molecular weight excluding hydrogens is 182 g/mol. The van der Waals surface area contributed by atoms with E-state index in [-0.39, 0.29) is 0 Å². The van der Waals surface area contributed by atoms with Crippen molar-refractivity contribution in [2.45, 2.75) is 19.8 Å². The van der Waals surface area contributed by atoms with E-state index >= 15 is 0 Å². The summed E-state index contributed by atoms with van der Waals surface area (Å²) in [7, 11) is 0. The molecule has 3 heteroatoms. The summed E-state index contributed by atoms with van der Waals surface area (Å²) in [4.78, 5) is 0. The lowest BCUT2D eigenvalue weighted by Gasteiger charge is -1.87. The molecule has 0 atom stereocenters. The molecule has 0 radical (unpaired) electrons. The van der Waals surface area contributed by atoms with Crippen molar-refractivity contribution in [1.82, 2.24) is 5.16 Å². The van der Waals surface area contributed by atoms with Gasteiger partial charge in [-0.25, -0.2) is 0 Å². The summed E-state index contributed by atoms with van der Waals surface area (Å²) in [6, 6.07) is 0. The van der Waals surface area contributed by atoms with Crippen molar-refractivity contribution >= 4 is 15.9 Å². The number of aryl methyl sites for hydroxylation is 1. The van der Waals surface area contributed by atoms with Gasteiger partial charge in [0.05, 0.1) is 10.7 Å². The zero-order chi connectivity index (χ0) is 6.69. The molecule has 0 saturated carbocycles. The highest BCUT2D eigenvalue weighted by atomic mass is 79.9. The molecule has 0 N–H and O–H groups in total. The van der Waals surface area contributed by atoms with E-state index in [0.717, 1.165) is 23.1 Å². The van der Waals surface area contributed by atoms with Crippen molar-refractivity contribution in [3.63, 3.8) is 0 Å². The molecule has 0 amide bonds. The SMILES string of the molecule is CCCc1oncc1Br. The van der Waals surface area contributed by atoms with Crippen LogP contribution in [-0.2, 0) is 6.42 Å². The molecule has 0 fully saturated rings. The molecule has 0 aliphatic rings. The number of nitrogens with zero attached hydrogens (tertiary/aromatic N) is 1. The van der Waals surface area contributed by atoms with Crippen molar-refractivity contribution in [1.29, 1.82) is 0 Å². The average molecular weight is 190 g/mol. The first-order chi connectivity index (χ1) is 4.34. The predicted octanol–water partition coefficient (Wildman–Crippen LogP) is 2.39.